The Kier molecular flexibility index (Phi) is 5.74. The third kappa shape index (κ3) is 3.89. The summed E-state index contributed by atoms with van der Waals surface area (Å²) in [6.07, 6.45) is 4.83. The molecule has 2 aromatic rings. The van der Waals surface area contributed by atoms with Crippen LogP contribution in [0.25, 0.3) is 11.1 Å². The van der Waals surface area contributed by atoms with E-state index in [4.69, 9.17) is 4.52 Å². The first kappa shape index (κ1) is 17.9. The number of nitrogens with one attached hydrogen (secondary N) is 2. The maximum Gasteiger partial charge on any atom is 0.258 e. The predicted octanol–water partition coefficient (Wildman–Crippen LogP) is 1.40. The molecule has 2 N–H and O–H groups in total. The number of fused-ring (bicyclic) bond motifs is 1. The largest absolute Gasteiger partial charge is 0.336 e. The highest BCUT2D eigenvalue weighted by atomic mass is 35.5. The van der Waals surface area contributed by atoms with Gasteiger partial charge in [0, 0.05) is 13.1 Å². The van der Waals surface area contributed by atoms with E-state index in [1.807, 2.05) is 13.0 Å². The van der Waals surface area contributed by atoms with Crippen LogP contribution < -0.4 is 10.0 Å². The lowest BCUT2D eigenvalue weighted by atomic mass is 10.1. The van der Waals surface area contributed by atoms with Crippen LogP contribution >= 0.6 is 12.4 Å². The number of nitrogens with zero attached hydrogens (tertiary/aromatic N) is 2. The fourth-order valence-electron chi connectivity index (χ4n) is 2.36. The van der Waals surface area contributed by atoms with E-state index >= 15 is 0 Å². The lowest BCUT2D eigenvalue weighted by molar-refractivity contribution is 0.439. The maximum atomic E-state index is 12.4. The highest BCUT2D eigenvalue weighted by Gasteiger charge is 2.18. The minimum absolute atomic E-state index is 0. The van der Waals surface area contributed by atoms with Gasteiger partial charge in [-0.2, -0.15) is 0 Å². The lowest BCUT2D eigenvalue weighted by Crippen LogP contribution is -2.29. The molecule has 0 aromatic carbocycles. The smallest absolute Gasteiger partial charge is 0.258 e. The molecule has 0 unspecified atom stereocenters. The van der Waals surface area contributed by atoms with Gasteiger partial charge in [0.2, 0.25) is 10.0 Å². The zero-order valence-electron chi connectivity index (χ0n) is 12.7. The van der Waals surface area contributed by atoms with Gasteiger partial charge in [0.25, 0.3) is 5.71 Å². The minimum Gasteiger partial charge on any atom is -0.336 e. The van der Waals surface area contributed by atoms with Crippen molar-refractivity contribution in [1.82, 2.24) is 20.2 Å². The molecular formula is C14H19ClN4O3S. The van der Waals surface area contributed by atoms with Crippen molar-refractivity contribution in [2.45, 2.75) is 24.7 Å². The Morgan fingerprint density at radius 1 is 1.43 bits per heavy atom. The second-order valence-electron chi connectivity index (χ2n) is 5.15. The van der Waals surface area contributed by atoms with Gasteiger partial charge in [-0.3, -0.25) is 0 Å². The summed E-state index contributed by atoms with van der Waals surface area (Å²) >= 11 is 0. The van der Waals surface area contributed by atoms with Gasteiger partial charge in [0.05, 0.1) is 17.3 Å². The van der Waals surface area contributed by atoms with Gasteiger partial charge in [-0.05, 0) is 25.5 Å². The normalized spacial score (nSPS) is 15.3. The predicted molar refractivity (Wildman–Crippen MR) is 89.2 cm³/mol. The topological polar surface area (TPSA) is 97.1 Å². The highest BCUT2D eigenvalue weighted by Crippen LogP contribution is 2.20. The number of sulfonamides is 1. The van der Waals surface area contributed by atoms with Gasteiger partial charge in [-0.25, -0.2) is 18.1 Å². The molecule has 1 aliphatic rings. The molecular weight excluding hydrogens is 340 g/mol. The molecule has 0 amide bonds. The third-order valence-corrected chi connectivity index (χ3v) is 5.04. The number of halogens is 1. The van der Waals surface area contributed by atoms with Gasteiger partial charge in [-0.1, -0.05) is 23.7 Å². The summed E-state index contributed by atoms with van der Waals surface area (Å²) in [7, 11) is -3.60. The molecule has 0 spiro atoms. The molecule has 126 valence electrons. The minimum atomic E-state index is -3.60. The molecule has 0 saturated heterocycles. The second-order valence-corrected chi connectivity index (χ2v) is 6.91. The summed E-state index contributed by atoms with van der Waals surface area (Å²) in [4.78, 5) is 4.17. The van der Waals surface area contributed by atoms with Gasteiger partial charge in [-0.15, -0.1) is 12.4 Å². The molecule has 3 rings (SSSR count). The zero-order chi connectivity index (χ0) is 15.6. The van der Waals surface area contributed by atoms with Gasteiger partial charge < -0.3 is 9.84 Å². The van der Waals surface area contributed by atoms with Crippen molar-refractivity contribution in [2.24, 2.45) is 0 Å². The van der Waals surface area contributed by atoms with Gasteiger partial charge in [0.15, 0.2) is 0 Å². The van der Waals surface area contributed by atoms with E-state index in [1.54, 1.807) is 6.07 Å². The van der Waals surface area contributed by atoms with Crippen LogP contribution in [0.4, 0.5) is 0 Å². The Bertz CT molecular complexity index is 817. The van der Waals surface area contributed by atoms with E-state index in [9.17, 15) is 8.42 Å². The van der Waals surface area contributed by atoms with Crippen molar-refractivity contribution in [1.29, 1.82) is 0 Å². The summed E-state index contributed by atoms with van der Waals surface area (Å²) in [6.45, 7) is 3.92. The van der Waals surface area contributed by atoms with Gasteiger partial charge in [0.1, 0.15) is 4.90 Å². The van der Waals surface area contributed by atoms with E-state index < -0.39 is 10.0 Å². The number of aryl methyl sites for hydroxylation is 1. The SMILES string of the molecule is CCc1noc2ncc(S(=O)(=O)NCC3=CCNCC3)cc12.Cl. The second kappa shape index (κ2) is 7.39. The molecule has 0 fully saturated rings. The number of aromatic nitrogens is 2. The Morgan fingerprint density at radius 2 is 2.26 bits per heavy atom. The van der Waals surface area contributed by atoms with Crippen LogP contribution in [0.2, 0.25) is 0 Å². The van der Waals surface area contributed by atoms with Crippen LogP contribution in [-0.2, 0) is 16.4 Å². The van der Waals surface area contributed by atoms with E-state index in [0.717, 1.165) is 25.1 Å². The van der Waals surface area contributed by atoms with E-state index in [2.05, 4.69) is 20.2 Å². The molecule has 9 heteroatoms. The molecule has 0 radical (unpaired) electrons. The van der Waals surface area contributed by atoms with Crippen LogP contribution in [0.15, 0.2) is 33.3 Å². The number of hydrogen-bond acceptors (Lipinski definition) is 6. The fourth-order valence-corrected chi connectivity index (χ4v) is 3.37. The van der Waals surface area contributed by atoms with Crippen molar-refractivity contribution in [3.63, 3.8) is 0 Å². The first-order valence-electron chi connectivity index (χ1n) is 7.23. The van der Waals surface area contributed by atoms with Gasteiger partial charge >= 0.3 is 0 Å². The van der Waals surface area contributed by atoms with Crippen LogP contribution in [-0.4, -0.2) is 38.2 Å². The van der Waals surface area contributed by atoms with Crippen LogP contribution in [0.5, 0.6) is 0 Å². The maximum absolute atomic E-state index is 12.4. The summed E-state index contributed by atoms with van der Waals surface area (Å²) in [5, 5.41) is 7.72. The summed E-state index contributed by atoms with van der Waals surface area (Å²) in [5.41, 5.74) is 2.16. The van der Waals surface area contributed by atoms with E-state index in [0.29, 0.717) is 29.8 Å². The number of hydrogen-bond donors (Lipinski definition) is 2. The molecule has 0 bridgehead atoms. The van der Waals surface area contributed by atoms with E-state index in [-0.39, 0.29) is 17.3 Å². The molecule has 23 heavy (non-hydrogen) atoms. The number of pyridine rings is 1. The molecule has 0 aliphatic carbocycles. The molecule has 1 aliphatic heterocycles. The van der Waals surface area contributed by atoms with Crippen LogP contribution in [0.1, 0.15) is 19.0 Å². The molecule has 2 aromatic heterocycles. The standard InChI is InChI=1S/C14H18N4O3S.ClH/c1-2-13-12-7-11(9-16-14(12)21-18-13)22(19,20)17-8-10-3-5-15-6-4-10;/h3,7,9,15,17H,2,4-6,8H2,1H3;1H. The Hall–Kier alpha value is -1.48. The lowest BCUT2D eigenvalue weighted by Gasteiger charge is -2.14. The van der Waals surface area contributed by atoms with Crippen LogP contribution in [0.3, 0.4) is 0 Å². The third-order valence-electron chi connectivity index (χ3n) is 3.67. The quantitative estimate of drug-likeness (QED) is 0.784. The number of rotatable bonds is 5. The first-order valence-corrected chi connectivity index (χ1v) is 8.71. The molecule has 7 nitrogen and oxygen atoms in total. The van der Waals surface area contributed by atoms with Crippen LogP contribution in [0, 0.1) is 0 Å². The van der Waals surface area contributed by atoms with E-state index in [1.165, 1.54) is 6.20 Å². The zero-order valence-corrected chi connectivity index (χ0v) is 14.3. The average Bonchev–Trinajstić information content (AvgIpc) is 2.96. The first-order chi connectivity index (χ1) is 10.6. The van der Waals surface area contributed by atoms with Crippen molar-refractivity contribution < 1.29 is 12.9 Å². The Labute approximate surface area is 141 Å². The Morgan fingerprint density at radius 3 is 2.96 bits per heavy atom. The fraction of sp³-hybridized carbons (Fsp3) is 0.429. The highest BCUT2D eigenvalue weighted by molar-refractivity contribution is 7.89. The Balaban J connectivity index is 0.00000192. The average molecular weight is 359 g/mol. The van der Waals surface area contributed by atoms with Crippen molar-refractivity contribution in [3.05, 3.63) is 29.6 Å². The van der Waals surface area contributed by atoms with Crippen molar-refractivity contribution >= 4 is 33.5 Å². The summed E-state index contributed by atoms with van der Waals surface area (Å²) < 4.78 is 32.5. The molecule has 3 heterocycles. The molecule has 0 atom stereocenters. The summed E-state index contributed by atoms with van der Waals surface area (Å²) in [6, 6.07) is 1.57. The summed E-state index contributed by atoms with van der Waals surface area (Å²) in [5.74, 6) is 0. The monoisotopic (exact) mass is 358 g/mol. The van der Waals surface area contributed by atoms with Crippen molar-refractivity contribution in [2.75, 3.05) is 19.6 Å². The van der Waals surface area contributed by atoms with Crippen molar-refractivity contribution in [3.8, 4) is 0 Å². The molecule has 0 saturated carbocycles.